The van der Waals surface area contributed by atoms with Crippen molar-refractivity contribution in [3.05, 3.63) is 42.0 Å². The third-order valence-electron chi connectivity index (χ3n) is 2.28. The second kappa shape index (κ2) is 4.03. The minimum absolute atomic E-state index is 0.0934. The maximum Gasteiger partial charge on any atom is 0.240 e. The van der Waals surface area contributed by atoms with Crippen LogP contribution in [0.4, 0.5) is 0 Å². The topological polar surface area (TPSA) is 55.2 Å². The van der Waals surface area contributed by atoms with Gasteiger partial charge in [0.25, 0.3) is 0 Å². The number of hydrogen-bond acceptors (Lipinski definition) is 5. The van der Waals surface area contributed by atoms with Crippen LogP contribution in [0.5, 0.6) is 17.4 Å². The maximum absolute atomic E-state index is 9.63. The standard InChI is InChI=1S/C12H8N2O2S/c15-9-3-1-2-4-10(9)16-12-11-8(5-6-17-11)13-7-14-12/h1-7,15H. The summed E-state index contributed by atoms with van der Waals surface area (Å²) in [4.78, 5) is 8.20. The van der Waals surface area contributed by atoms with Gasteiger partial charge in [0.15, 0.2) is 11.5 Å². The Balaban J connectivity index is 2.06. The molecular weight excluding hydrogens is 236 g/mol. The van der Waals surface area contributed by atoms with Crippen LogP contribution >= 0.6 is 11.3 Å². The normalized spacial score (nSPS) is 10.6. The van der Waals surface area contributed by atoms with Crippen LogP contribution in [-0.4, -0.2) is 15.1 Å². The first-order valence-corrected chi connectivity index (χ1v) is 5.86. The summed E-state index contributed by atoms with van der Waals surface area (Å²) in [5, 5.41) is 11.6. The number of hydrogen-bond donors (Lipinski definition) is 1. The molecule has 3 aromatic rings. The van der Waals surface area contributed by atoms with Gasteiger partial charge in [0.2, 0.25) is 5.88 Å². The zero-order valence-corrected chi connectivity index (χ0v) is 9.52. The lowest BCUT2D eigenvalue weighted by atomic mass is 10.3. The summed E-state index contributed by atoms with van der Waals surface area (Å²) >= 11 is 1.51. The van der Waals surface area contributed by atoms with Crippen molar-refractivity contribution >= 4 is 21.6 Å². The summed E-state index contributed by atoms with van der Waals surface area (Å²) in [5.74, 6) is 0.947. The van der Waals surface area contributed by atoms with E-state index in [1.165, 1.54) is 17.7 Å². The Bertz CT molecular complexity index is 666. The number of benzene rings is 1. The molecule has 17 heavy (non-hydrogen) atoms. The number of aromatic nitrogens is 2. The molecule has 0 aliphatic heterocycles. The fraction of sp³-hybridized carbons (Fsp3) is 0. The molecule has 2 aromatic heterocycles. The maximum atomic E-state index is 9.63. The predicted molar refractivity (Wildman–Crippen MR) is 65.6 cm³/mol. The molecule has 1 N–H and O–H groups in total. The fourth-order valence-corrected chi connectivity index (χ4v) is 2.26. The molecule has 4 nitrogen and oxygen atoms in total. The van der Waals surface area contributed by atoms with Crippen LogP contribution in [0.2, 0.25) is 0 Å². The number of thiophene rings is 1. The van der Waals surface area contributed by atoms with Gasteiger partial charge in [-0.1, -0.05) is 12.1 Å². The Morgan fingerprint density at radius 3 is 2.88 bits per heavy atom. The molecule has 84 valence electrons. The van der Waals surface area contributed by atoms with Crippen molar-refractivity contribution in [1.29, 1.82) is 0 Å². The number of fused-ring (bicyclic) bond motifs is 1. The van der Waals surface area contributed by atoms with Crippen molar-refractivity contribution in [1.82, 2.24) is 9.97 Å². The Kier molecular flexibility index (Phi) is 2.38. The molecule has 0 fully saturated rings. The van der Waals surface area contributed by atoms with Crippen LogP contribution in [0, 0.1) is 0 Å². The van der Waals surface area contributed by atoms with Crippen molar-refractivity contribution in [2.75, 3.05) is 0 Å². The molecule has 0 amide bonds. The SMILES string of the molecule is Oc1ccccc1Oc1ncnc2ccsc12. The van der Waals surface area contributed by atoms with E-state index < -0.39 is 0 Å². The van der Waals surface area contributed by atoms with E-state index in [1.54, 1.807) is 24.3 Å². The zero-order chi connectivity index (χ0) is 11.7. The minimum Gasteiger partial charge on any atom is -0.504 e. The first-order valence-electron chi connectivity index (χ1n) is 4.98. The predicted octanol–water partition coefficient (Wildman–Crippen LogP) is 3.19. The third-order valence-corrected chi connectivity index (χ3v) is 3.17. The van der Waals surface area contributed by atoms with E-state index in [2.05, 4.69) is 9.97 Å². The van der Waals surface area contributed by atoms with Gasteiger partial charge in [-0.25, -0.2) is 9.97 Å². The molecule has 0 aliphatic rings. The van der Waals surface area contributed by atoms with Gasteiger partial charge in [-0.05, 0) is 23.6 Å². The molecule has 0 bridgehead atoms. The highest BCUT2D eigenvalue weighted by molar-refractivity contribution is 7.17. The summed E-state index contributed by atoms with van der Waals surface area (Å²) in [6.45, 7) is 0. The number of rotatable bonds is 2. The van der Waals surface area contributed by atoms with E-state index in [0.717, 1.165) is 10.2 Å². The van der Waals surface area contributed by atoms with E-state index in [0.29, 0.717) is 11.6 Å². The molecule has 2 heterocycles. The molecule has 1 aromatic carbocycles. The van der Waals surface area contributed by atoms with E-state index in [4.69, 9.17) is 4.74 Å². The average Bonchev–Trinajstić information content (AvgIpc) is 2.81. The Hall–Kier alpha value is -2.14. The monoisotopic (exact) mass is 244 g/mol. The number of nitrogens with zero attached hydrogens (tertiary/aromatic N) is 2. The summed E-state index contributed by atoms with van der Waals surface area (Å²) in [7, 11) is 0. The third kappa shape index (κ3) is 1.81. The second-order valence-corrected chi connectivity index (χ2v) is 4.30. The average molecular weight is 244 g/mol. The number of aromatic hydroxyl groups is 1. The van der Waals surface area contributed by atoms with Gasteiger partial charge in [0.1, 0.15) is 11.0 Å². The van der Waals surface area contributed by atoms with Gasteiger partial charge in [0.05, 0.1) is 5.52 Å². The summed E-state index contributed by atoms with van der Waals surface area (Å²) in [5.41, 5.74) is 0.843. The second-order valence-electron chi connectivity index (χ2n) is 3.38. The molecular formula is C12H8N2O2S. The highest BCUT2D eigenvalue weighted by Gasteiger charge is 2.09. The minimum atomic E-state index is 0.0934. The Morgan fingerprint density at radius 1 is 1.12 bits per heavy atom. The number of para-hydroxylation sites is 2. The van der Waals surface area contributed by atoms with E-state index in [1.807, 2.05) is 11.4 Å². The molecule has 0 radical (unpaired) electrons. The highest BCUT2D eigenvalue weighted by Crippen LogP contribution is 2.34. The van der Waals surface area contributed by atoms with Crippen LogP contribution in [0.1, 0.15) is 0 Å². The molecule has 0 spiro atoms. The van der Waals surface area contributed by atoms with Crippen molar-refractivity contribution in [3.8, 4) is 17.4 Å². The highest BCUT2D eigenvalue weighted by atomic mass is 32.1. The largest absolute Gasteiger partial charge is 0.504 e. The molecule has 5 heteroatoms. The molecule has 0 saturated heterocycles. The molecule has 0 saturated carbocycles. The van der Waals surface area contributed by atoms with Gasteiger partial charge in [0, 0.05) is 0 Å². The van der Waals surface area contributed by atoms with Crippen molar-refractivity contribution in [3.63, 3.8) is 0 Å². The molecule has 0 unspecified atom stereocenters. The molecule has 0 aliphatic carbocycles. The van der Waals surface area contributed by atoms with E-state index >= 15 is 0 Å². The first kappa shape index (κ1) is 10.0. The van der Waals surface area contributed by atoms with Crippen LogP contribution in [0.25, 0.3) is 10.2 Å². The number of phenols is 1. The Morgan fingerprint density at radius 2 is 2.00 bits per heavy atom. The lowest BCUT2D eigenvalue weighted by molar-refractivity contribution is 0.405. The van der Waals surface area contributed by atoms with Gasteiger partial charge in [-0.3, -0.25) is 0 Å². The summed E-state index contributed by atoms with van der Waals surface area (Å²) in [6.07, 6.45) is 1.45. The van der Waals surface area contributed by atoms with Crippen LogP contribution < -0.4 is 4.74 Å². The van der Waals surface area contributed by atoms with Gasteiger partial charge in [-0.15, -0.1) is 11.3 Å². The number of phenolic OH excluding ortho intramolecular Hbond substituents is 1. The van der Waals surface area contributed by atoms with Gasteiger partial charge in [-0.2, -0.15) is 0 Å². The van der Waals surface area contributed by atoms with Crippen molar-refractivity contribution in [2.45, 2.75) is 0 Å². The summed E-state index contributed by atoms with van der Waals surface area (Å²) in [6, 6.07) is 8.70. The van der Waals surface area contributed by atoms with Gasteiger partial charge < -0.3 is 9.84 Å². The van der Waals surface area contributed by atoms with E-state index in [9.17, 15) is 5.11 Å². The Labute approximate surface area is 101 Å². The van der Waals surface area contributed by atoms with E-state index in [-0.39, 0.29) is 5.75 Å². The number of ether oxygens (including phenoxy) is 1. The fourth-order valence-electron chi connectivity index (χ4n) is 1.49. The van der Waals surface area contributed by atoms with Crippen molar-refractivity contribution < 1.29 is 9.84 Å². The van der Waals surface area contributed by atoms with Crippen molar-refractivity contribution in [2.24, 2.45) is 0 Å². The smallest absolute Gasteiger partial charge is 0.240 e. The lowest BCUT2D eigenvalue weighted by Crippen LogP contribution is -1.89. The lowest BCUT2D eigenvalue weighted by Gasteiger charge is -2.06. The van der Waals surface area contributed by atoms with Crippen LogP contribution in [0.15, 0.2) is 42.0 Å². The van der Waals surface area contributed by atoms with Gasteiger partial charge >= 0.3 is 0 Å². The van der Waals surface area contributed by atoms with Crippen LogP contribution in [0.3, 0.4) is 0 Å². The zero-order valence-electron chi connectivity index (χ0n) is 8.70. The van der Waals surface area contributed by atoms with Crippen LogP contribution in [-0.2, 0) is 0 Å². The quantitative estimate of drug-likeness (QED) is 0.752. The molecule has 3 rings (SSSR count). The first-order chi connectivity index (χ1) is 8.34. The molecule has 0 atom stereocenters. The summed E-state index contributed by atoms with van der Waals surface area (Å²) < 4.78 is 6.46.